The van der Waals surface area contributed by atoms with E-state index >= 15 is 0 Å². The Kier molecular flexibility index (Phi) is 3.86. The number of rotatable bonds is 3. The van der Waals surface area contributed by atoms with Crippen LogP contribution in [0.1, 0.15) is 26.7 Å². The molecule has 68 valence electrons. The van der Waals surface area contributed by atoms with Crippen molar-refractivity contribution in [2.75, 3.05) is 0 Å². The Morgan fingerprint density at radius 2 is 1.82 bits per heavy atom. The van der Waals surface area contributed by atoms with Gasteiger partial charge in [0.25, 0.3) is 0 Å². The number of nitrogens with two attached hydrogens (primary N) is 1. The van der Waals surface area contributed by atoms with Gasteiger partial charge >= 0.3 is 6.18 Å². The Labute approximate surface area is 64.8 Å². The molecule has 0 spiro atoms. The topological polar surface area (TPSA) is 26.0 Å². The molecule has 0 rings (SSSR count). The van der Waals surface area contributed by atoms with Gasteiger partial charge in [-0.25, -0.2) is 0 Å². The molecule has 11 heavy (non-hydrogen) atoms. The summed E-state index contributed by atoms with van der Waals surface area (Å²) < 4.78 is 35.2. The van der Waals surface area contributed by atoms with Crippen molar-refractivity contribution in [3.8, 4) is 0 Å². The van der Waals surface area contributed by atoms with Crippen molar-refractivity contribution in [1.82, 2.24) is 0 Å². The van der Waals surface area contributed by atoms with Crippen LogP contribution in [0.4, 0.5) is 13.2 Å². The van der Waals surface area contributed by atoms with Gasteiger partial charge in [-0.2, -0.15) is 13.2 Å². The van der Waals surface area contributed by atoms with E-state index in [1.54, 1.807) is 6.92 Å². The molecule has 1 nitrogen and oxygen atoms in total. The molecule has 0 heterocycles. The zero-order valence-electron chi connectivity index (χ0n) is 6.78. The highest BCUT2D eigenvalue weighted by molar-refractivity contribution is 4.71. The van der Waals surface area contributed by atoms with Gasteiger partial charge in [0.1, 0.15) is 0 Å². The highest BCUT2D eigenvalue weighted by Gasteiger charge is 2.31. The lowest BCUT2D eigenvalue weighted by molar-refractivity contribution is -0.140. The molecule has 0 aromatic heterocycles. The highest BCUT2D eigenvalue weighted by atomic mass is 19.4. The smallest absolute Gasteiger partial charge is 0.327 e. The fourth-order valence-electron chi connectivity index (χ4n) is 0.771. The Morgan fingerprint density at radius 3 is 2.09 bits per heavy atom. The van der Waals surface area contributed by atoms with Crippen molar-refractivity contribution in [3.63, 3.8) is 0 Å². The molecule has 0 saturated carbocycles. The van der Waals surface area contributed by atoms with Gasteiger partial charge in [-0.3, -0.25) is 0 Å². The van der Waals surface area contributed by atoms with Crippen molar-refractivity contribution in [2.45, 2.75) is 38.9 Å². The minimum Gasteiger partial charge on any atom is -0.327 e. The Morgan fingerprint density at radius 1 is 1.36 bits per heavy atom. The molecule has 0 aliphatic heterocycles. The fourth-order valence-corrected chi connectivity index (χ4v) is 0.771. The van der Waals surface area contributed by atoms with Crippen LogP contribution in [0.3, 0.4) is 0 Å². The summed E-state index contributed by atoms with van der Waals surface area (Å²) in [5.74, 6) is -0.0587. The third-order valence-electron chi connectivity index (χ3n) is 1.84. The lowest BCUT2D eigenvalue weighted by Gasteiger charge is -2.19. The van der Waals surface area contributed by atoms with Crippen molar-refractivity contribution in [1.29, 1.82) is 0 Å². The van der Waals surface area contributed by atoms with Gasteiger partial charge in [0.15, 0.2) is 0 Å². The van der Waals surface area contributed by atoms with Crippen LogP contribution in [0, 0.1) is 5.92 Å². The van der Waals surface area contributed by atoms with Gasteiger partial charge < -0.3 is 5.73 Å². The lowest BCUT2D eigenvalue weighted by atomic mass is 9.97. The first-order valence-corrected chi connectivity index (χ1v) is 3.69. The van der Waals surface area contributed by atoms with Gasteiger partial charge in [0, 0.05) is 6.04 Å². The quantitative estimate of drug-likeness (QED) is 0.689. The lowest BCUT2D eigenvalue weighted by Crippen LogP contribution is -2.33. The standard InChI is InChI=1S/C7H14F3N/c1-3-5(2)6(11)4-7(8,9)10/h5-6H,3-4,11H2,1-2H3. The first kappa shape index (κ1) is 10.8. The second kappa shape index (κ2) is 3.95. The molecule has 0 aromatic rings. The number of hydrogen-bond acceptors (Lipinski definition) is 1. The van der Waals surface area contributed by atoms with Gasteiger partial charge in [0.05, 0.1) is 6.42 Å². The highest BCUT2D eigenvalue weighted by Crippen LogP contribution is 2.24. The molecule has 0 saturated heterocycles. The molecule has 4 heteroatoms. The average Bonchev–Trinajstić information content (AvgIpc) is 1.82. The predicted molar refractivity (Wildman–Crippen MR) is 38.1 cm³/mol. The summed E-state index contributed by atoms with van der Waals surface area (Å²) in [6.45, 7) is 3.57. The van der Waals surface area contributed by atoms with E-state index in [1.165, 1.54) is 0 Å². The first-order valence-electron chi connectivity index (χ1n) is 3.69. The average molecular weight is 169 g/mol. The van der Waals surface area contributed by atoms with Crippen molar-refractivity contribution < 1.29 is 13.2 Å². The number of halogens is 3. The molecule has 0 aliphatic rings. The molecule has 2 N–H and O–H groups in total. The SMILES string of the molecule is CCC(C)C(N)CC(F)(F)F. The zero-order chi connectivity index (χ0) is 9.07. The van der Waals surface area contributed by atoms with Crippen LogP contribution in [0.15, 0.2) is 0 Å². The van der Waals surface area contributed by atoms with Crippen LogP contribution < -0.4 is 5.73 Å². The second-order valence-corrected chi connectivity index (χ2v) is 2.87. The third-order valence-corrected chi connectivity index (χ3v) is 1.84. The van der Waals surface area contributed by atoms with Crippen molar-refractivity contribution in [3.05, 3.63) is 0 Å². The van der Waals surface area contributed by atoms with E-state index in [9.17, 15) is 13.2 Å². The third kappa shape index (κ3) is 5.07. The predicted octanol–water partition coefficient (Wildman–Crippen LogP) is 2.31. The van der Waals surface area contributed by atoms with E-state index in [2.05, 4.69) is 0 Å². The molecule has 2 unspecified atom stereocenters. The Balaban J connectivity index is 3.77. The summed E-state index contributed by atoms with van der Waals surface area (Å²) in [5.41, 5.74) is 5.29. The van der Waals surface area contributed by atoms with Crippen molar-refractivity contribution >= 4 is 0 Å². The zero-order valence-corrected chi connectivity index (χ0v) is 6.78. The Hall–Kier alpha value is -0.250. The van der Waals surface area contributed by atoms with E-state index < -0.39 is 18.6 Å². The van der Waals surface area contributed by atoms with E-state index in [-0.39, 0.29) is 5.92 Å². The second-order valence-electron chi connectivity index (χ2n) is 2.87. The summed E-state index contributed by atoms with van der Waals surface area (Å²) in [7, 11) is 0. The van der Waals surface area contributed by atoms with Gasteiger partial charge in [-0.05, 0) is 5.92 Å². The molecule has 2 atom stereocenters. The van der Waals surface area contributed by atoms with E-state index in [1.807, 2.05) is 6.92 Å². The number of hydrogen-bond donors (Lipinski definition) is 1. The maximum absolute atomic E-state index is 11.7. The molecule has 0 aromatic carbocycles. The Bertz CT molecular complexity index is 111. The van der Waals surface area contributed by atoms with Crippen LogP contribution in [0.2, 0.25) is 0 Å². The summed E-state index contributed by atoms with van der Waals surface area (Å²) in [6.07, 6.45) is -4.30. The fraction of sp³-hybridized carbons (Fsp3) is 1.00. The maximum Gasteiger partial charge on any atom is 0.390 e. The first-order chi connectivity index (χ1) is 4.87. The van der Waals surface area contributed by atoms with Crippen LogP contribution in [-0.4, -0.2) is 12.2 Å². The van der Waals surface area contributed by atoms with Crippen LogP contribution in [-0.2, 0) is 0 Å². The summed E-state index contributed by atoms with van der Waals surface area (Å²) >= 11 is 0. The van der Waals surface area contributed by atoms with Crippen LogP contribution in [0.25, 0.3) is 0 Å². The van der Waals surface area contributed by atoms with Crippen LogP contribution >= 0.6 is 0 Å². The van der Waals surface area contributed by atoms with E-state index in [0.717, 1.165) is 0 Å². The van der Waals surface area contributed by atoms with E-state index in [0.29, 0.717) is 6.42 Å². The van der Waals surface area contributed by atoms with Crippen LogP contribution in [0.5, 0.6) is 0 Å². The van der Waals surface area contributed by atoms with Gasteiger partial charge in [0.2, 0.25) is 0 Å². The molecule has 0 aliphatic carbocycles. The summed E-state index contributed by atoms with van der Waals surface area (Å²) in [5, 5.41) is 0. The normalized spacial score (nSPS) is 18.0. The minimum absolute atomic E-state index is 0.0587. The largest absolute Gasteiger partial charge is 0.390 e. The molecule has 0 amide bonds. The summed E-state index contributed by atoms with van der Waals surface area (Å²) in [6, 6.07) is -0.750. The molecular formula is C7H14F3N. The molecule has 0 radical (unpaired) electrons. The monoisotopic (exact) mass is 169 g/mol. The van der Waals surface area contributed by atoms with Gasteiger partial charge in [-0.1, -0.05) is 20.3 Å². The maximum atomic E-state index is 11.7. The summed E-state index contributed by atoms with van der Waals surface area (Å²) in [4.78, 5) is 0. The molecular weight excluding hydrogens is 155 g/mol. The number of alkyl halides is 3. The van der Waals surface area contributed by atoms with Gasteiger partial charge in [-0.15, -0.1) is 0 Å². The van der Waals surface area contributed by atoms with Crippen molar-refractivity contribution in [2.24, 2.45) is 11.7 Å². The molecule has 0 fully saturated rings. The van der Waals surface area contributed by atoms with E-state index in [4.69, 9.17) is 5.73 Å². The molecule has 0 bridgehead atoms. The minimum atomic E-state index is -4.12.